The molecule has 0 spiro atoms. The fourth-order valence-corrected chi connectivity index (χ4v) is 2.87. The Bertz CT molecular complexity index is 966. The second-order valence-corrected chi connectivity index (χ2v) is 7.49. The maximum absolute atomic E-state index is 12.4. The molecule has 1 N–H and O–H groups in total. The molecule has 0 saturated carbocycles. The maximum atomic E-state index is 12.4. The summed E-state index contributed by atoms with van der Waals surface area (Å²) in [6.07, 6.45) is 1.65. The molecule has 136 valence electrons. The zero-order valence-corrected chi connectivity index (χ0v) is 15.8. The number of carbonyl (C=O) groups is 1. The van der Waals surface area contributed by atoms with Gasteiger partial charge >= 0.3 is 0 Å². The largest absolute Gasteiger partial charge is 0.507 e. The molecule has 0 unspecified atom stereocenters. The molecule has 0 aliphatic carbocycles. The molecule has 3 heteroatoms. The van der Waals surface area contributed by atoms with Gasteiger partial charge in [0, 0.05) is 22.9 Å². The molecule has 0 bridgehead atoms. The number of aliphatic imine (C=N–C) groups is 1. The molecule has 0 radical (unpaired) electrons. The van der Waals surface area contributed by atoms with Gasteiger partial charge in [0.15, 0.2) is 5.78 Å². The second kappa shape index (κ2) is 7.58. The molecular weight excluding hydrogens is 334 g/mol. The normalized spacial score (nSPS) is 11.7. The third kappa shape index (κ3) is 4.32. The van der Waals surface area contributed by atoms with Crippen molar-refractivity contribution in [2.75, 3.05) is 0 Å². The molecule has 27 heavy (non-hydrogen) atoms. The predicted octanol–water partition coefficient (Wildman–Crippen LogP) is 5.67. The number of aromatic hydroxyl groups is 1. The second-order valence-electron chi connectivity index (χ2n) is 7.49. The van der Waals surface area contributed by atoms with Crippen molar-refractivity contribution in [1.82, 2.24) is 0 Å². The Kier molecular flexibility index (Phi) is 5.22. The standard InChI is InChI=1S/C24H23NO2/c1-24(2,3)21-11-7-10-19(23(21)27)16-25-20-14-12-18(13-15-20)22(26)17-8-5-4-6-9-17/h4-16,27H,1-3H3. The van der Waals surface area contributed by atoms with Crippen LogP contribution < -0.4 is 0 Å². The van der Waals surface area contributed by atoms with Gasteiger partial charge in [0.05, 0.1) is 5.69 Å². The maximum Gasteiger partial charge on any atom is 0.193 e. The van der Waals surface area contributed by atoms with Crippen LogP contribution in [0.4, 0.5) is 5.69 Å². The minimum atomic E-state index is -0.145. The number of phenols is 1. The summed E-state index contributed by atoms with van der Waals surface area (Å²) in [5, 5.41) is 10.5. The number of nitrogens with zero attached hydrogens (tertiary/aromatic N) is 1. The van der Waals surface area contributed by atoms with Crippen molar-refractivity contribution >= 4 is 17.7 Å². The molecule has 0 saturated heterocycles. The Hall–Kier alpha value is -3.20. The highest BCUT2D eigenvalue weighted by atomic mass is 16.3. The van der Waals surface area contributed by atoms with Gasteiger partial charge < -0.3 is 5.11 Å². The Balaban J connectivity index is 1.80. The van der Waals surface area contributed by atoms with Crippen LogP contribution in [0.15, 0.2) is 77.8 Å². The van der Waals surface area contributed by atoms with E-state index in [-0.39, 0.29) is 16.9 Å². The lowest BCUT2D eigenvalue weighted by Crippen LogP contribution is -2.11. The lowest BCUT2D eigenvalue weighted by molar-refractivity contribution is 0.103. The van der Waals surface area contributed by atoms with Gasteiger partial charge in [0.2, 0.25) is 0 Å². The van der Waals surface area contributed by atoms with Gasteiger partial charge in [-0.05, 0) is 41.3 Å². The summed E-state index contributed by atoms with van der Waals surface area (Å²) in [5.74, 6) is 0.242. The van der Waals surface area contributed by atoms with E-state index < -0.39 is 0 Å². The van der Waals surface area contributed by atoms with E-state index in [9.17, 15) is 9.90 Å². The van der Waals surface area contributed by atoms with Crippen LogP contribution in [0, 0.1) is 0 Å². The molecule has 0 amide bonds. The highest BCUT2D eigenvalue weighted by Gasteiger charge is 2.19. The van der Waals surface area contributed by atoms with Crippen LogP contribution in [-0.2, 0) is 5.41 Å². The summed E-state index contributed by atoms with van der Waals surface area (Å²) in [6.45, 7) is 6.18. The first-order valence-corrected chi connectivity index (χ1v) is 8.92. The van der Waals surface area contributed by atoms with Crippen molar-refractivity contribution in [2.24, 2.45) is 4.99 Å². The summed E-state index contributed by atoms with van der Waals surface area (Å²) in [4.78, 5) is 16.9. The number of hydrogen-bond donors (Lipinski definition) is 1. The van der Waals surface area contributed by atoms with E-state index in [1.54, 1.807) is 42.6 Å². The monoisotopic (exact) mass is 357 g/mol. The van der Waals surface area contributed by atoms with Crippen molar-refractivity contribution in [3.05, 3.63) is 95.1 Å². The minimum Gasteiger partial charge on any atom is -0.507 e. The van der Waals surface area contributed by atoms with Gasteiger partial charge in [-0.25, -0.2) is 0 Å². The molecule has 3 nitrogen and oxygen atoms in total. The van der Waals surface area contributed by atoms with Crippen LogP contribution in [0.25, 0.3) is 0 Å². The predicted molar refractivity (Wildman–Crippen MR) is 110 cm³/mol. The summed E-state index contributed by atoms with van der Waals surface area (Å²) in [6, 6.07) is 22.0. The van der Waals surface area contributed by atoms with E-state index in [4.69, 9.17) is 0 Å². The molecule has 3 rings (SSSR count). The van der Waals surface area contributed by atoms with E-state index in [1.807, 2.05) is 36.4 Å². The molecule has 0 fully saturated rings. The van der Waals surface area contributed by atoms with Crippen LogP contribution >= 0.6 is 0 Å². The Labute approximate surface area is 160 Å². The van der Waals surface area contributed by atoms with Gasteiger partial charge in [0.25, 0.3) is 0 Å². The fraction of sp³-hybridized carbons (Fsp3) is 0.167. The Morgan fingerprint density at radius 3 is 2.11 bits per heavy atom. The minimum absolute atomic E-state index is 0.0124. The fourth-order valence-electron chi connectivity index (χ4n) is 2.87. The van der Waals surface area contributed by atoms with Crippen LogP contribution in [-0.4, -0.2) is 17.1 Å². The van der Waals surface area contributed by atoms with E-state index in [0.717, 1.165) is 11.3 Å². The van der Waals surface area contributed by atoms with Crippen molar-refractivity contribution < 1.29 is 9.90 Å². The lowest BCUT2D eigenvalue weighted by atomic mass is 9.85. The van der Waals surface area contributed by atoms with Gasteiger partial charge in [-0.2, -0.15) is 0 Å². The Morgan fingerprint density at radius 2 is 1.48 bits per heavy atom. The van der Waals surface area contributed by atoms with E-state index in [0.29, 0.717) is 16.7 Å². The average Bonchev–Trinajstić information content (AvgIpc) is 2.67. The van der Waals surface area contributed by atoms with Crippen molar-refractivity contribution in [2.45, 2.75) is 26.2 Å². The van der Waals surface area contributed by atoms with Crippen molar-refractivity contribution in [3.8, 4) is 5.75 Å². The van der Waals surface area contributed by atoms with Crippen LogP contribution in [0.2, 0.25) is 0 Å². The molecule has 0 aliphatic heterocycles. The van der Waals surface area contributed by atoms with Crippen LogP contribution in [0.3, 0.4) is 0 Å². The molecule has 0 atom stereocenters. The quantitative estimate of drug-likeness (QED) is 0.483. The molecular formula is C24H23NO2. The van der Waals surface area contributed by atoms with Crippen molar-refractivity contribution in [1.29, 1.82) is 0 Å². The highest BCUT2D eigenvalue weighted by molar-refractivity contribution is 6.09. The third-order valence-electron chi connectivity index (χ3n) is 4.39. The average molecular weight is 357 g/mol. The SMILES string of the molecule is CC(C)(C)c1cccc(C=Nc2ccc(C(=O)c3ccccc3)cc2)c1O. The Morgan fingerprint density at radius 1 is 0.852 bits per heavy atom. The number of carbonyl (C=O) groups excluding carboxylic acids is 1. The first-order chi connectivity index (χ1) is 12.9. The molecule has 0 aliphatic rings. The molecule has 3 aromatic rings. The van der Waals surface area contributed by atoms with E-state index in [1.165, 1.54) is 0 Å². The summed E-state index contributed by atoms with van der Waals surface area (Å²) in [7, 11) is 0. The van der Waals surface area contributed by atoms with Gasteiger partial charge in [-0.3, -0.25) is 9.79 Å². The van der Waals surface area contributed by atoms with Crippen LogP contribution in [0.1, 0.15) is 47.8 Å². The number of para-hydroxylation sites is 1. The number of phenolic OH excluding ortho intramolecular Hbond substituents is 1. The van der Waals surface area contributed by atoms with E-state index in [2.05, 4.69) is 25.8 Å². The first-order valence-electron chi connectivity index (χ1n) is 8.92. The van der Waals surface area contributed by atoms with Gasteiger partial charge in [0.1, 0.15) is 5.75 Å². The van der Waals surface area contributed by atoms with Crippen molar-refractivity contribution in [3.63, 3.8) is 0 Å². The lowest BCUT2D eigenvalue weighted by Gasteiger charge is -2.21. The first kappa shape index (κ1) is 18.6. The summed E-state index contributed by atoms with van der Waals surface area (Å²) < 4.78 is 0. The smallest absolute Gasteiger partial charge is 0.193 e. The van der Waals surface area contributed by atoms with Crippen LogP contribution in [0.5, 0.6) is 5.75 Å². The summed E-state index contributed by atoms with van der Waals surface area (Å²) >= 11 is 0. The topological polar surface area (TPSA) is 49.7 Å². The third-order valence-corrected chi connectivity index (χ3v) is 4.39. The number of ketones is 1. The number of rotatable bonds is 4. The highest BCUT2D eigenvalue weighted by Crippen LogP contribution is 2.32. The zero-order valence-electron chi connectivity index (χ0n) is 15.8. The number of benzene rings is 3. The molecule has 3 aromatic carbocycles. The zero-order chi connectivity index (χ0) is 19.4. The van der Waals surface area contributed by atoms with Gasteiger partial charge in [-0.1, -0.05) is 63.2 Å². The summed E-state index contributed by atoms with van der Waals surface area (Å²) in [5.41, 5.74) is 3.42. The molecule has 0 aromatic heterocycles. The number of hydrogen-bond acceptors (Lipinski definition) is 3. The molecule has 0 heterocycles. The van der Waals surface area contributed by atoms with Gasteiger partial charge in [-0.15, -0.1) is 0 Å². The van der Waals surface area contributed by atoms with E-state index >= 15 is 0 Å².